The molecule has 0 bridgehead atoms. The molecule has 4 aromatic rings. The summed E-state index contributed by atoms with van der Waals surface area (Å²) in [4.78, 5) is 26.8. The molecule has 4 heterocycles. The molecule has 1 aliphatic heterocycles. The fourth-order valence-electron chi connectivity index (χ4n) is 4.10. The number of hydrogen-bond acceptors (Lipinski definition) is 5. The Bertz CT molecular complexity index is 1280. The van der Waals surface area contributed by atoms with Crippen LogP contribution < -0.4 is 5.69 Å². The molecule has 164 valence electrons. The quantitative estimate of drug-likeness (QED) is 0.500. The van der Waals surface area contributed by atoms with Crippen LogP contribution in [0.2, 0.25) is 0 Å². The number of amides is 1. The number of aromatic nitrogens is 5. The van der Waals surface area contributed by atoms with Crippen LogP contribution in [0.25, 0.3) is 17.1 Å². The van der Waals surface area contributed by atoms with Gasteiger partial charge in [0.25, 0.3) is 5.91 Å². The number of piperidine rings is 1. The Morgan fingerprint density at radius 3 is 2.69 bits per heavy atom. The molecular formula is C22H21FN6O3. The number of para-hydroxylation sites is 1. The predicted molar refractivity (Wildman–Crippen MR) is 113 cm³/mol. The van der Waals surface area contributed by atoms with Crippen molar-refractivity contribution < 1.29 is 13.6 Å². The third kappa shape index (κ3) is 3.75. The van der Waals surface area contributed by atoms with Gasteiger partial charge in [-0.25, -0.2) is 18.9 Å². The number of carbonyl (C=O) groups excluding carboxylic acids is 1. The van der Waals surface area contributed by atoms with E-state index in [2.05, 4.69) is 20.4 Å². The van der Waals surface area contributed by atoms with Crippen LogP contribution in [0.15, 0.2) is 57.9 Å². The molecule has 1 amide bonds. The second kappa shape index (κ2) is 8.29. The maximum atomic E-state index is 14.2. The van der Waals surface area contributed by atoms with E-state index in [4.69, 9.17) is 4.42 Å². The molecule has 10 heteroatoms. The van der Waals surface area contributed by atoms with Crippen molar-refractivity contribution in [1.29, 1.82) is 0 Å². The largest absolute Gasteiger partial charge is 0.463 e. The summed E-state index contributed by atoms with van der Waals surface area (Å²) in [7, 11) is 0. The van der Waals surface area contributed by atoms with E-state index in [-0.39, 0.29) is 17.5 Å². The lowest BCUT2D eigenvalue weighted by atomic mass is 9.93. The highest BCUT2D eigenvalue weighted by atomic mass is 19.1. The van der Waals surface area contributed by atoms with Crippen molar-refractivity contribution in [2.24, 2.45) is 5.92 Å². The number of rotatable bonds is 5. The molecule has 1 fully saturated rings. The highest BCUT2D eigenvalue weighted by Crippen LogP contribution is 2.24. The van der Waals surface area contributed by atoms with Crippen LogP contribution in [-0.4, -0.2) is 48.9 Å². The Morgan fingerprint density at radius 1 is 1.12 bits per heavy atom. The van der Waals surface area contributed by atoms with Crippen LogP contribution in [0.4, 0.5) is 4.39 Å². The van der Waals surface area contributed by atoms with Gasteiger partial charge in [-0.3, -0.25) is 9.89 Å². The lowest BCUT2D eigenvalue weighted by Gasteiger charge is -2.31. The number of carbonyl (C=O) groups is 1. The molecular weight excluding hydrogens is 415 g/mol. The van der Waals surface area contributed by atoms with Crippen molar-refractivity contribution in [3.63, 3.8) is 0 Å². The number of benzene rings is 1. The van der Waals surface area contributed by atoms with Gasteiger partial charge in [-0.15, -0.1) is 0 Å². The molecule has 0 saturated carbocycles. The van der Waals surface area contributed by atoms with Gasteiger partial charge in [-0.05, 0) is 43.0 Å². The second-order valence-corrected chi connectivity index (χ2v) is 7.82. The molecule has 0 aliphatic carbocycles. The number of halogens is 1. The first-order valence-corrected chi connectivity index (χ1v) is 10.4. The molecule has 0 atom stereocenters. The van der Waals surface area contributed by atoms with Gasteiger partial charge >= 0.3 is 5.69 Å². The summed E-state index contributed by atoms with van der Waals surface area (Å²) in [5.41, 5.74) is 0.705. The molecule has 0 unspecified atom stereocenters. The van der Waals surface area contributed by atoms with Gasteiger partial charge in [0.05, 0.1) is 12.0 Å². The van der Waals surface area contributed by atoms with Gasteiger partial charge in [0.15, 0.2) is 11.5 Å². The van der Waals surface area contributed by atoms with Crippen molar-refractivity contribution in [3.8, 4) is 17.1 Å². The third-order valence-electron chi connectivity index (χ3n) is 5.79. The number of furan rings is 1. The van der Waals surface area contributed by atoms with Gasteiger partial charge in [-0.1, -0.05) is 12.1 Å². The summed E-state index contributed by atoms with van der Waals surface area (Å²) in [6.07, 6.45) is 3.58. The number of H-pyrrole nitrogens is 2. The first-order chi connectivity index (χ1) is 15.6. The standard InChI is InChI=1S/C22H21FN6O3/c23-15-4-1-2-5-18(15)29-20(26-27-22(29)31)12-14-7-9-28(10-8-14)21(30)17-13-16(24-25-17)19-6-3-11-32-19/h1-6,11,13-14H,7-10,12H2,(H,24,25)(H,27,31). The topological polar surface area (TPSA) is 113 Å². The highest BCUT2D eigenvalue weighted by molar-refractivity contribution is 5.93. The lowest BCUT2D eigenvalue weighted by molar-refractivity contribution is 0.0683. The fraction of sp³-hybridized carbons (Fsp3) is 0.273. The van der Waals surface area contributed by atoms with Crippen molar-refractivity contribution in [3.05, 3.63) is 76.5 Å². The number of nitrogens with zero attached hydrogens (tertiary/aromatic N) is 4. The first-order valence-electron chi connectivity index (χ1n) is 10.4. The number of likely N-dealkylation sites (tertiary alicyclic amines) is 1. The van der Waals surface area contributed by atoms with Gasteiger partial charge < -0.3 is 9.32 Å². The van der Waals surface area contributed by atoms with Crippen LogP contribution in [0, 0.1) is 11.7 Å². The first kappa shape index (κ1) is 20.0. The Balaban J connectivity index is 1.24. The zero-order valence-electron chi connectivity index (χ0n) is 17.1. The van der Waals surface area contributed by atoms with E-state index < -0.39 is 11.5 Å². The minimum absolute atomic E-state index is 0.138. The van der Waals surface area contributed by atoms with Crippen LogP contribution >= 0.6 is 0 Å². The molecule has 0 spiro atoms. The molecule has 3 aromatic heterocycles. The summed E-state index contributed by atoms with van der Waals surface area (Å²) in [6, 6.07) is 11.4. The zero-order valence-corrected chi connectivity index (χ0v) is 17.1. The maximum absolute atomic E-state index is 14.2. The molecule has 1 aliphatic rings. The van der Waals surface area contributed by atoms with E-state index in [1.165, 1.54) is 10.6 Å². The maximum Gasteiger partial charge on any atom is 0.348 e. The average Bonchev–Trinajstić information content (AvgIpc) is 3.56. The summed E-state index contributed by atoms with van der Waals surface area (Å²) >= 11 is 0. The minimum Gasteiger partial charge on any atom is -0.463 e. The normalized spacial score (nSPS) is 14.7. The minimum atomic E-state index is -0.481. The monoisotopic (exact) mass is 436 g/mol. The van der Waals surface area contributed by atoms with E-state index in [0.717, 1.165) is 12.8 Å². The van der Waals surface area contributed by atoms with Crippen LogP contribution in [0.3, 0.4) is 0 Å². The Morgan fingerprint density at radius 2 is 1.94 bits per heavy atom. The zero-order chi connectivity index (χ0) is 22.1. The molecule has 0 radical (unpaired) electrons. The number of hydrogen-bond donors (Lipinski definition) is 2. The van der Waals surface area contributed by atoms with Crippen molar-refractivity contribution in [1.82, 2.24) is 29.9 Å². The fourth-order valence-corrected chi connectivity index (χ4v) is 4.10. The Hall–Kier alpha value is -3.95. The van der Waals surface area contributed by atoms with Crippen molar-refractivity contribution >= 4 is 5.91 Å². The Labute approximate surface area is 181 Å². The number of aromatic amines is 2. The average molecular weight is 436 g/mol. The number of nitrogens with one attached hydrogen (secondary N) is 2. The van der Waals surface area contributed by atoms with Crippen molar-refractivity contribution in [2.75, 3.05) is 13.1 Å². The molecule has 32 heavy (non-hydrogen) atoms. The van der Waals surface area contributed by atoms with Gasteiger partial charge in [-0.2, -0.15) is 10.2 Å². The van der Waals surface area contributed by atoms with E-state index in [1.54, 1.807) is 47.6 Å². The molecule has 5 rings (SSSR count). The van der Waals surface area contributed by atoms with Crippen LogP contribution in [-0.2, 0) is 6.42 Å². The van der Waals surface area contributed by atoms with E-state index in [0.29, 0.717) is 42.5 Å². The van der Waals surface area contributed by atoms with Gasteiger partial charge in [0.1, 0.15) is 17.3 Å². The SMILES string of the molecule is O=C(c1cc(-c2ccco2)[nH]n1)N1CCC(Cc2n[nH]c(=O)n2-c2ccccc2F)CC1. The van der Waals surface area contributed by atoms with Gasteiger partial charge in [0.2, 0.25) is 0 Å². The summed E-state index contributed by atoms with van der Waals surface area (Å²) in [5.74, 6) is 0.708. The Kier molecular flexibility index (Phi) is 5.18. The summed E-state index contributed by atoms with van der Waals surface area (Å²) in [6.45, 7) is 1.14. The van der Waals surface area contributed by atoms with E-state index in [1.807, 2.05) is 0 Å². The molecule has 1 aromatic carbocycles. The van der Waals surface area contributed by atoms with Gasteiger partial charge in [0, 0.05) is 25.6 Å². The van der Waals surface area contributed by atoms with E-state index in [9.17, 15) is 14.0 Å². The second-order valence-electron chi connectivity index (χ2n) is 7.82. The van der Waals surface area contributed by atoms with Crippen molar-refractivity contribution in [2.45, 2.75) is 19.3 Å². The third-order valence-corrected chi connectivity index (χ3v) is 5.79. The molecule has 9 nitrogen and oxygen atoms in total. The summed E-state index contributed by atoms with van der Waals surface area (Å²) < 4.78 is 20.8. The lowest BCUT2D eigenvalue weighted by Crippen LogP contribution is -2.39. The van der Waals surface area contributed by atoms with Crippen LogP contribution in [0.1, 0.15) is 29.2 Å². The van der Waals surface area contributed by atoms with E-state index >= 15 is 0 Å². The highest BCUT2D eigenvalue weighted by Gasteiger charge is 2.27. The van der Waals surface area contributed by atoms with Crippen LogP contribution in [0.5, 0.6) is 0 Å². The molecule has 1 saturated heterocycles. The predicted octanol–water partition coefficient (Wildman–Crippen LogP) is 2.78. The smallest absolute Gasteiger partial charge is 0.348 e. The molecule has 2 N–H and O–H groups in total. The summed E-state index contributed by atoms with van der Waals surface area (Å²) in [5, 5.41) is 13.5.